The van der Waals surface area contributed by atoms with Crippen LogP contribution in [0.1, 0.15) is 37.6 Å². The van der Waals surface area contributed by atoms with Crippen LogP contribution < -0.4 is 5.32 Å². The summed E-state index contributed by atoms with van der Waals surface area (Å²) in [5.41, 5.74) is 0.680. The Bertz CT molecular complexity index is 801. The number of nitrogens with zero attached hydrogens (tertiary/aromatic N) is 3. The number of sulfonamides is 1. The van der Waals surface area contributed by atoms with Gasteiger partial charge in [-0.05, 0) is 12.8 Å². The summed E-state index contributed by atoms with van der Waals surface area (Å²) in [6, 6.07) is 1.13. The molecule has 1 saturated heterocycles. The second-order valence-corrected chi connectivity index (χ2v) is 8.50. The molecule has 0 radical (unpaired) electrons. The number of amides is 1. The second kappa shape index (κ2) is 6.41. The zero-order valence-electron chi connectivity index (χ0n) is 14.3. The Hall–Kier alpha value is -1.94. The van der Waals surface area contributed by atoms with Crippen LogP contribution in [0, 0.1) is 12.8 Å². The molecule has 1 aromatic rings. The number of nitrogens with one attached hydrogen (secondary N) is 1. The van der Waals surface area contributed by atoms with Gasteiger partial charge in [0, 0.05) is 19.0 Å². The van der Waals surface area contributed by atoms with Gasteiger partial charge in [0.05, 0.1) is 17.8 Å². The van der Waals surface area contributed by atoms with Gasteiger partial charge < -0.3 is 19.8 Å². The summed E-state index contributed by atoms with van der Waals surface area (Å²) >= 11 is 0. The summed E-state index contributed by atoms with van der Waals surface area (Å²) in [6.07, 6.45) is -0.487. The molecule has 0 aromatic carbocycles. The second-order valence-electron chi connectivity index (χ2n) is 6.87. The Morgan fingerprint density at radius 2 is 2.20 bits per heavy atom. The van der Waals surface area contributed by atoms with E-state index in [0.29, 0.717) is 11.5 Å². The number of aromatic nitrogens is 1. The van der Waals surface area contributed by atoms with Crippen molar-refractivity contribution in [1.29, 1.82) is 0 Å². The largest absolute Gasteiger partial charge is 0.391 e. The van der Waals surface area contributed by atoms with E-state index in [0.717, 1.165) is 0 Å². The minimum Gasteiger partial charge on any atom is -0.391 e. The van der Waals surface area contributed by atoms with Crippen molar-refractivity contribution in [2.75, 3.05) is 12.4 Å². The van der Waals surface area contributed by atoms with E-state index >= 15 is 0 Å². The molecular weight excluding hydrogens is 348 g/mol. The van der Waals surface area contributed by atoms with Crippen molar-refractivity contribution >= 4 is 21.8 Å². The molecule has 10 heteroatoms. The fourth-order valence-corrected chi connectivity index (χ4v) is 4.20. The molecule has 0 bridgehead atoms. The highest BCUT2D eigenvalue weighted by molar-refractivity contribution is 7.90. The topological polar surface area (TPSA) is 125 Å². The minimum absolute atomic E-state index is 0.0551. The van der Waals surface area contributed by atoms with Crippen LogP contribution >= 0.6 is 0 Å². The van der Waals surface area contributed by atoms with E-state index in [2.05, 4.69) is 14.9 Å². The quantitative estimate of drug-likeness (QED) is 0.762. The first-order chi connectivity index (χ1) is 11.7. The van der Waals surface area contributed by atoms with Crippen molar-refractivity contribution in [1.82, 2.24) is 15.4 Å². The smallest absolute Gasteiger partial charge is 0.272 e. The first-order valence-corrected chi connectivity index (χ1v) is 9.77. The third kappa shape index (κ3) is 3.54. The molecule has 138 valence electrons. The van der Waals surface area contributed by atoms with Gasteiger partial charge in [0.25, 0.3) is 10.0 Å². The lowest BCUT2D eigenvalue weighted by Crippen LogP contribution is -2.47. The molecule has 2 aliphatic heterocycles. The number of hydrogen-bond donors (Lipinski definition) is 2. The Morgan fingerprint density at radius 3 is 2.72 bits per heavy atom. The van der Waals surface area contributed by atoms with Crippen LogP contribution in [-0.4, -0.2) is 59.9 Å². The van der Waals surface area contributed by atoms with E-state index in [1.54, 1.807) is 13.0 Å². The van der Waals surface area contributed by atoms with Crippen LogP contribution in [0.2, 0.25) is 0 Å². The van der Waals surface area contributed by atoms with Gasteiger partial charge >= 0.3 is 0 Å². The average molecular weight is 370 g/mol. The predicted molar refractivity (Wildman–Crippen MR) is 89.3 cm³/mol. The Morgan fingerprint density at radius 1 is 1.48 bits per heavy atom. The van der Waals surface area contributed by atoms with Gasteiger partial charge in [0.2, 0.25) is 5.91 Å². The summed E-state index contributed by atoms with van der Waals surface area (Å²) in [6.45, 7) is 5.70. The molecule has 3 atom stereocenters. The molecule has 2 aliphatic rings. The van der Waals surface area contributed by atoms with E-state index in [1.165, 1.54) is 4.90 Å². The average Bonchev–Trinajstić information content (AvgIpc) is 3.18. The Kier molecular flexibility index (Phi) is 4.58. The van der Waals surface area contributed by atoms with E-state index < -0.39 is 28.1 Å². The lowest BCUT2D eigenvalue weighted by atomic mass is 9.91. The van der Waals surface area contributed by atoms with Crippen molar-refractivity contribution < 1.29 is 22.8 Å². The highest BCUT2D eigenvalue weighted by Crippen LogP contribution is 2.31. The number of aryl methyl sites for hydroxylation is 1. The molecule has 1 aromatic heterocycles. The highest BCUT2D eigenvalue weighted by atomic mass is 32.2. The van der Waals surface area contributed by atoms with Gasteiger partial charge in [-0.3, -0.25) is 4.79 Å². The molecule has 0 spiro atoms. The predicted octanol–water partition coefficient (Wildman–Crippen LogP) is -0.0266. The zero-order valence-corrected chi connectivity index (χ0v) is 15.2. The van der Waals surface area contributed by atoms with Crippen molar-refractivity contribution in [3.05, 3.63) is 17.5 Å². The van der Waals surface area contributed by atoms with E-state index in [4.69, 9.17) is 4.52 Å². The number of carbonyl (C=O) groups excluding carboxylic acids is 1. The van der Waals surface area contributed by atoms with Gasteiger partial charge in [0.15, 0.2) is 0 Å². The van der Waals surface area contributed by atoms with Crippen LogP contribution in [0.15, 0.2) is 15.0 Å². The lowest BCUT2D eigenvalue weighted by molar-refractivity contribution is -0.134. The van der Waals surface area contributed by atoms with E-state index in [-0.39, 0.29) is 36.5 Å². The fraction of sp³-hybridized carbons (Fsp3) is 0.667. The summed E-state index contributed by atoms with van der Waals surface area (Å²) in [4.78, 5) is 14.7. The molecule has 0 aliphatic carbocycles. The summed E-state index contributed by atoms with van der Waals surface area (Å²) in [7, 11) is -3.56. The van der Waals surface area contributed by atoms with Gasteiger partial charge in [-0.2, -0.15) is 0 Å². The van der Waals surface area contributed by atoms with Crippen LogP contribution in [0.5, 0.6) is 0 Å². The maximum atomic E-state index is 13.2. The lowest BCUT2D eigenvalue weighted by Gasteiger charge is -2.29. The molecule has 2 N–H and O–H groups in total. The normalized spacial score (nSPS) is 26.6. The molecule has 9 nitrogen and oxygen atoms in total. The van der Waals surface area contributed by atoms with Crippen molar-refractivity contribution in [3.8, 4) is 0 Å². The van der Waals surface area contributed by atoms with Crippen molar-refractivity contribution in [2.45, 2.75) is 45.3 Å². The molecule has 1 fully saturated rings. The standard InChI is InChI=1S/C15H22N4O5S/c1-8(2)13(12-4-9(3)17-24-12)15(21)19-6-10(20)5-11(19)14-16-7-25(22,23)18-14/h4,8,10-11,13,20H,5-7H2,1-3H3,(H,16,18)/t10-,11-,13+/m1/s1. The molecule has 25 heavy (non-hydrogen) atoms. The van der Waals surface area contributed by atoms with E-state index in [1.807, 2.05) is 13.8 Å². The number of carbonyl (C=O) groups is 1. The van der Waals surface area contributed by atoms with Crippen LogP contribution in [0.25, 0.3) is 0 Å². The van der Waals surface area contributed by atoms with Gasteiger partial charge in [-0.25, -0.2) is 8.42 Å². The zero-order chi connectivity index (χ0) is 18.4. The number of β-amino-alcohol motifs (C(OH)–C–C–N with tert-alkyl or cyclic N) is 1. The Balaban J connectivity index is 1.90. The first kappa shape index (κ1) is 17.9. The van der Waals surface area contributed by atoms with Gasteiger partial charge in [-0.15, -0.1) is 4.40 Å². The molecule has 0 unspecified atom stereocenters. The number of aliphatic hydroxyl groups excluding tert-OH is 1. The maximum absolute atomic E-state index is 13.2. The highest BCUT2D eigenvalue weighted by Gasteiger charge is 2.43. The monoisotopic (exact) mass is 370 g/mol. The van der Waals surface area contributed by atoms with Gasteiger partial charge in [0.1, 0.15) is 23.4 Å². The fourth-order valence-electron chi connectivity index (χ4n) is 3.32. The summed E-state index contributed by atoms with van der Waals surface area (Å²) in [5, 5.41) is 16.6. The number of rotatable bonds is 4. The third-order valence-electron chi connectivity index (χ3n) is 4.44. The summed E-state index contributed by atoms with van der Waals surface area (Å²) < 4.78 is 32.1. The number of aliphatic hydroxyl groups is 1. The van der Waals surface area contributed by atoms with E-state index in [9.17, 15) is 18.3 Å². The number of amidine groups is 1. The van der Waals surface area contributed by atoms with Gasteiger partial charge in [-0.1, -0.05) is 19.0 Å². The first-order valence-electron chi connectivity index (χ1n) is 8.16. The van der Waals surface area contributed by atoms with Crippen molar-refractivity contribution in [2.24, 2.45) is 10.3 Å². The van der Waals surface area contributed by atoms with Crippen LogP contribution in [-0.2, 0) is 14.8 Å². The van der Waals surface area contributed by atoms with Crippen molar-refractivity contribution in [3.63, 3.8) is 0 Å². The Labute approximate surface area is 146 Å². The minimum atomic E-state index is -3.56. The molecule has 1 amide bonds. The summed E-state index contributed by atoms with van der Waals surface area (Å²) in [5.74, 6) is -0.464. The number of likely N-dealkylation sites (tertiary alicyclic amines) is 1. The van der Waals surface area contributed by atoms with Crippen LogP contribution in [0.4, 0.5) is 0 Å². The molecule has 3 rings (SSSR count). The maximum Gasteiger partial charge on any atom is 0.272 e. The SMILES string of the molecule is Cc1cc([C@@H](C(=O)N2C[C@H](O)C[C@@H]2C2=NS(=O)(=O)CN2)C(C)C)on1. The molecule has 3 heterocycles. The molecular formula is C15H22N4O5S. The van der Waals surface area contributed by atoms with Crippen LogP contribution in [0.3, 0.4) is 0 Å². The number of hydrogen-bond acceptors (Lipinski definition) is 7. The molecule has 0 saturated carbocycles. The third-order valence-corrected chi connectivity index (χ3v) is 5.42.